The highest BCUT2D eigenvalue weighted by Crippen LogP contribution is 2.43. The number of ether oxygens (including phenoxy) is 2. The minimum absolute atomic E-state index is 0.0908. The van der Waals surface area contributed by atoms with Gasteiger partial charge in [0.25, 0.3) is 0 Å². The van der Waals surface area contributed by atoms with Gasteiger partial charge in [-0.05, 0) is 53.4 Å². The molecule has 0 atom stereocenters. The third-order valence-electron chi connectivity index (χ3n) is 6.28. The van der Waals surface area contributed by atoms with E-state index in [1.807, 2.05) is 54.6 Å². The number of rotatable bonds is 6. The lowest BCUT2D eigenvalue weighted by molar-refractivity contribution is 0.0322. The van der Waals surface area contributed by atoms with E-state index < -0.39 is 0 Å². The van der Waals surface area contributed by atoms with Crippen molar-refractivity contribution in [2.75, 3.05) is 39.5 Å². The topological polar surface area (TPSA) is 38.8 Å². The molecule has 5 rings (SSSR count). The first-order valence-corrected chi connectivity index (χ1v) is 11.3. The van der Waals surface area contributed by atoms with Crippen molar-refractivity contribution in [3.63, 3.8) is 0 Å². The predicted octanol–water partition coefficient (Wildman–Crippen LogP) is 5.00. The molecular weight excluding hydrogens is 417 g/mol. The van der Waals surface area contributed by atoms with E-state index in [2.05, 4.69) is 4.90 Å². The number of fused-ring (bicyclic) bond motifs is 1. The highest BCUT2D eigenvalue weighted by Gasteiger charge is 2.32. The molecule has 0 radical (unpaired) electrons. The summed E-state index contributed by atoms with van der Waals surface area (Å²) in [6, 6.07) is 20.4. The van der Waals surface area contributed by atoms with Crippen molar-refractivity contribution < 1.29 is 18.7 Å². The number of carbonyl (C=O) groups excluding carboxylic acids is 1. The second kappa shape index (κ2) is 9.30. The number of hydrogen-bond acceptors (Lipinski definition) is 4. The Morgan fingerprint density at radius 1 is 0.909 bits per heavy atom. The van der Waals surface area contributed by atoms with E-state index in [0.717, 1.165) is 55.3 Å². The van der Waals surface area contributed by atoms with Crippen LogP contribution in [-0.2, 0) is 4.74 Å². The first-order chi connectivity index (χ1) is 16.1. The number of nitrogens with zero attached hydrogens (tertiary/aromatic N) is 1. The molecule has 0 saturated carbocycles. The molecule has 0 N–H and O–H groups in total. The van der Waals surface area contributed by atoms with Gasteiger partial charge in [-0.1, -0.05) is 42.5 Å². The fraction of sp³-hybridized carbons (Fsp3) is 0.250. The molecule has 168 valence electrons. The second-order valence-corrected chi connectivity index (χ2v) is 8.42. The van der Waals surface area contributed by atoms with E-state index in [0.29, 0.717) is 28.9 Å². The van der Waals surface area contributed by atoms with E-state index in [4.69, 9.17) is 9.47 Å². The van der Waals surface area contributed by atoms with E-state index in [1.165, 1.54) is 6.07 Å². The zero-order valence-corrected chi connectivity index (χ0v) is 18.6. The van der Waals surface area contributed by atoms with E-state index in [1.54, 1.807) is 13.0 Å². The fourth-order valence-corrected chi connectivity index (χ4v) is 4.45. The highest BCUT2D eigenvalue weighted by atomic mass is 19.1. The summed E-state index contributed by atoms with van der Waals surface area (Å²) in [5, 5.41) is 0. The van der Waals surface area contributed by atoms with Crippen LogP contribution in [0.1, 0.15) is 32.6 Å². The molecule has 3 aromatic carbocycles. The quantitative estimate of drug-likeness (QED) is 0.538. The van der Waals surface area contributed by atoms with Crippen LogP contribution in [0.2, 0.25) is 0 Å². The first-order valence-electron chi connectivity index (χ1n) is 11.3. The molecule has 0 bridgehead atoms. The summed E-state index contributed by atoms with van der Waals surface area (Å²) in [4.78, 5) is 15.8. The van der Waals surface area contributed by atoms with Crippen LogP contribution in [0.4, 0.5) is 4.39 Å². The fourth-order valence-electron chi connectivity index (χ4n) is 4.45. The minimum atomic E-state index is -0.316. The number of allylic oxidation sites excluding steroid dienone is 1. The van der Waals surface area contributed by atoms with Gasteiger partial charge >= 0.3 is 0 Å². The Bertz CT molecular complexity index is 1210. The van der Waals surface area contributed by atoms with Crippen molar-refractivity contribution >= 4 is 16.9 Å². The molecule has 5 heteroatoms. The van der Waals surface area contributed by atoms with Crippen LogP contribution < -0.4 is 4.74 Å². The summed E-state index contributed by atoms with van der Waals surface area (Å²) >= 11 is 0. The summed E-state index contributed by atoms with van der Waals surface area (Å²) in [7, 11) is 0. The molecule has 0 aromatic heterocycles. The van der Waals surface area contributed by atoms with Gasteiger partial charge in [-0.2, -0.15) is 0 Å². The molecule has 0 amide bonds. The van der Waals surface area contributed by atoms with Gasteiger partial charge in [-0.15, -0.1) is 0 Å². The van der Waals surface area contributed by atoms with E-state index >= 15 is 0 Å². The average Bonchev–Trinajstić information content (AvgIpc) is 3.14. The van der Waals surface area contributed by atoms with E-state index in [9.17, 15) is 9.18 Å². The maximum absolute atomic E-state index is 14.4. The number of Topliss-reactive ketones (excluding diaryl/α,β-unsaturated/α-hetero) is 1. The van der Waals surface area contributed by atoms with Crippen molar-refractivity contribution in [3.8, 4) is 5.75 Å². The third kappa shape index (κ3) is 4.34. The van der Waals surface area contributed by atoms with Gasteiger partial charge in [-0.25, -0.2) is 4.39 Å². The zero-order valence-electron chi connectivity index (χ0n) is 18.6. The molecule has 1 saturated heterocycles. The smallest absolute Gasteiger partial charge is 0.194 e. The Balaban J connectivity index is 1.50. The van der Waals surface area contributed by atoms with Gasteiger partial charge in [-0.3, -0.25) is 9.69 Å². The van der Waals surface area contributed by atoms with Crippen LogP contribution in [0.5, 0.6) is 5.75 Å². The number of ketones is 1. The lowest BCUT2D eigenvalue weighted by Crippen LogP contribution is -2.38. The van der Waals surface area contributed by atoms with Crippen molar-refractivity contribution in [3.05, 3.63) is 100 Å². The SMILES string of the molecule is Cc1ccc(C2=C(c3ccccc3)c3cc(OCCN4CCOCC4)ccc3C2=O)cc1F. The average molecular weight is 444 g/mol. The molecule has 1 heterocycles. The van der Waals surface area contributed by atoms with Crippen molar-refractivity contribution in [1.82, 2.24) is 4.90 Å². The van der Waals surface area contributed by atoms with Crippen LogP contribution >= 0.6 is 0 Å². The Labute approximate surface area is 193 Å². The van der Waals surface area contributed by atoms with Gasteiger partial charge in [0.15, 0.2) is 5.78 Å². The van der Waals surface area contributed by atoms with Crippen molar-refractivity contribution in [2.45, 2.75) is 6.92 Å². The molecule has 1 fully saturated rings. The van der Waals surface area contributed by atoms with Gasteiger partial charge in [0.2, 0.25) is 0 Å². The summed E-state index contributed by atoms with van der Waals surface area (Å²) in [6.45, 7) is 6.46. The number of morpholine rings is 1. The third-order valence-corrected chi connectivity index (χ3v) is 6.28. The Hall–Kier alpha value is -3.28. The molecule has 0 unspecified atom stereocenters. The van der Waals surface area contributed by atoms with Gasteiger partial charge in [0.05, 0.1) is 13.2 Å². The van der Waals surface area contributed by atoms with Crippen LogP contribution in [0, 0.1) is 12.7 Å². The molecule has 4 nitrogen and oxygen atoms in total. The number of hydrogen-bond donors (Lipinski definition) is 0. The highest BCUT2D eigenvalue weighted by molar-refractivity contribution is 6.41. The lowest BCUT2D eigenvalue weighted by Gasteiger charge is -2.26. The summed E-state index contributed by atoms with van der Waals surface area (Å²) < 4.78 is 25.9. The minimum Gasteiger partial charge on any atom is -0.492 e. The molecular formula is C28H26FNO3. The normalized spacial score (nSPS) is 16.2. The number of halogens is 1. The monoisotopic (exact) mass is 443 g/mol. The summed E-state index contributed by atoms with van der Waals surface area (Å²) in [6.07, 6.45) is 0. The standard InChI is InChI=1S/C28H26FNO3/c1-19-7-8-21(17-25(19)29)27-26(20-5-3-2-4-6-20)24-18-22(9-10-23(24)28(27)31)33-16-13-30-11-14-32-15-12-30/h2-10,17-18H,11-16H2,1H3. The van der Waals surface area contributed by atoms with Crippen LogP contribution in [-0.4, -0.2) is 50.1 Å². The maximum atomic E-state index is 14.4. The first kappa shape index (κ1) is 21.6. The second-order valence-electron chi connectivity index (χ2n) is 8.42. The predicted molar refractivity (Wildman–Crippen MR) is 127 cm³/mol. The van der Waals surface area contributed by atoms with Crippen molar-refractivity contribution in [2.24, 2.45) is 0 Å². The van der Waals surface area contributed by atoms with Crippen LogP contribution in [0.3, 0.4) is 0 Å². The molecule has 2 aliphatic rings. The lowest BCUT2D eigenvalue weighted by atomic mass is 9.94. The molecule has 0 spiro atoms. The van der Waals surface area contributed by atoms with Crippen LogP contribution in [0.25, 0.3) is 11.1 Å². The molecule has 33 heavy (non-hydrogen) atoms. The summed E-state index contributed by atoms with van der Waals surface area (Å²) in [5.41, 5.74) is 4.85. The summed E-state index contributed by atoms with van der Waals surface area (Å²) in [5.74, 6) is 0.315. The van der Waals surface area contributed by atoms with Gasteiger partial charge < -0.3 is 9.47 Å². The number of aryl methyl sites for hydroxylation is 1. The molecule has 3 aromatic rings. The maximum Gasteiger partial charge on any atom is 0.194 e. The van der Waals surface area contributed by atoms with Gasteiger partial charge in [0.1, 0.15) is 18.2 Å². The largest absolute Gasteiger partial charge is 0.492 e. The van der Waals surface area contributed by atoms with Crippen LogP contribution in [0.15, 0.2) is 66.7 Å². The number of carbonyl (C=O) groups is 1. The van der Waals surface area contributed by atoms with Crippen molar-refractivity contribution in [1.29, 1.82) is 0 Å². The Morgan fingerprint density at radius 3 is 2.45 bits per heavy atom. The Morgan fingerprint density at radius 2 is 1.70 bits per heavy atom. The Kier molecular flexibility index (Phi) is 6.07. The zero-order chi connectivity index (χ0) is 22.8. The van der Waals surface area contributed by atoms with Gasteiger partial charge in [0, 0.05) is 36.3 Å². The molecule has 1 aliphatic carbocycles. The molecule has 1 aliphatic heterocycles. The van der Waals surface area contributed by atoms with E-state index in [-0.39, 0.29) is 11.6 Å². The number of benzene rings is 3.